The van der Waals surface area contributed by atoms with Gasteiger partial charge in [0, 0.05) is 31.2 Å². The number of aromatic nitrogens is 4. The molecule has 0 radical (unpaired) electrons. The van der Waals surface area contributed by atoms with Gasteiger partial charge < -0.3 is 14.4 Å². The Labute approximate surface area is 201 Å². The molecule has 4 rings (SSSR count). The van der Waals surface area contributed by atoms with Crippen molar-refractivity contribution in [2.24, 2.45) is 0 Å². The third-order valence-corrected chi connectivity index (χ3v) is 5.79. The highest BCUT2D eigenvalue weighted by molar-refractivity contribution is 6.35. The number of carbonyl (C=O) groups excluding carboxylic acids is 1. The molecule has 2 aromatic carbocycles. The molecule has 1 amide bonds. The van der Waals surface area contributed by atoms with E-state index in [1.807, 2.05) is 31.2 Å². The van der Waals surface area contributed by atoms with Gasteiger partial charge in [-0.25, -0.2) is 0 Å². The summed E-state index contributed by atoms with van der Waals surface area (Å²) in [6.07, 6.45) is 0. The summed E-state index contributed by atoms with van der Waals surface area (Å²) in [4.78, 5) is 16.6. The van der Waals surface area contributed by atoms with Crippen LogP contribution in [-0.4, -0.2) is 75.3 Å². The lowest BCUT2D eigenvalue weighted by molar-refractivity contribution is -0.135. The molecule has 33 heavy (non-hydrogen) atoms. The Bertz CT molecular complexity index is 1080. The first-order chi connectivity index (χ1) is 16.0. The van der Waals surface area contributed by atoms with Crippen molar-refractivity contribution in [2.45, 2.75) is 13.5 Å². The summed E-state index contributed by atoms with van der Waals surface area (Å²) in [5.74, 6) is 1.90. The number of rotatable bonds is 8. The molecule has 1 aliphatic heterocycles. The lowest BCUT2D eigenvalue weighted by atomic mass is 10.3. The van der Waals surface area contributed by atoms with Gasteiger partial charge in [0.05, 0.1) is 23.9 Å². The molecule has 0 N–H and O–H groups in total. The van der Waals surface area contributed by atoms with Gasteiger partial charge in [0.25, 0.3) is 5.91 Å². The second kappa shape index (κ2) is 10.8. The SMILES string of the molecule is CCOc1ccc(-n2nnnc2CN2CCN(C(=O)COc3ccc(Cl)cc3Cl)CC2)cc1. The van der Waals surface area contributed by atoms with Gasteiger partial charge >= 0.3 is 0 Å². The summed E-state index contributed by atoms with van der Waals surface area (Å²) in [7, 11) is 0. The summed E-state index contributed by atoms with van der Waals surface area (Å²) >= 11 is 12.0. The Balaban J connectivity index is 1.28. The standard InChI is InChI=1S/C22H24Cl2N6O3/c1-2-32-18-6-4-17(5-7-18)30-21(25-26-27-30)14-28-9-11-29(12-10-28)22(31)15-33-20-8-3-16(23)13-19(20)24/h3-8,13H,2,9-12,14-15H2,1H3. The summed E-state index contributed by atoms with van der Waals surface area (Å²) in [6.45, 7) is 5.69. The minimum atomic E-state index is -0.0834. The molecule has 0 unspecified atom stereocenters. The topological polar surface area (TPSA) is 85.6 Å². The molecule has 1 aliphatic rings. The van der Waals surface area contributed by atoms with Crippen LogP contribution in [0.3, 0.4) is 0 Å². The van der Waals surface area contributed by atoms with Crippen LogP contribution in [-0.2, 0) is 11.3 Å². The van der Waals surface area contributed by atoms with Gasteiger partial charge in [0.15, 0.2) is 12.4 Å². The Hall–Kier alpha value is -2.88. The maximum Gasteiger partial charge on any atom is 0.260 e. The molecule has 11 heteroatoms. The molecule has 0 bridgehead atoms. The van der Waals surface area contributed by atoms with Gasteiger partial charge in [-0.3, -0.25) is 9.69 Å². The number of hydrogen-bond donors (Lipinski definition) is 0. The zero-order valence-electron chi connectivity index (χ0n) is 18.2. The van der Waals surface area contributed by atoms with E-state index in [-0.39, 0.29) is 12.5 Å². The zero-order chi connectivity index (χ0) is 23.2. The van der Waals surface area contributed by atoms with Crippen LogP contribution in [0.15, 0.2) is 42.5 Å². The van der Waals surface area contributed by atoms with Crippen LogP contribution < -0.4 is 9.47 Å². The predicted octanol–water partition coefficient (Wildman–Crippen LogP) is 3.09. The van der Waals surface area contributed by atoms with E-state index in [0.717, 1.165) is 17.3 Å². The minimum absolute atomic E-state index is 0.0721. The number of benzene rings is 2. The second-order valence-corrected chi connectivity index (χ2v) is 8.30. The lowest BCUT2D eigenvalue weighted by Crippen LogP contribution is -2.49. The highest BCUT2D eigenvalue weighted by atomic mass is 35.5. The van der Waals surface area contributed by atoms with Gasteiger partial charge in [-0.2, -0.15) is 4.68 Å². The van der Waals surface area contributed by atoms with Crippen LogP contribution in [0, 0.1) is 0 Å². The number of tetrazole rings is 1. The van der Waals surface area contributed by atoms with E-state index >= 15 is 0 Å². The Kier molecular flexibility index (Phi) is 7.64. The molecule has 1 fully saturated rings. The molecule has 1 saturated heterocycles. The van der Waals surface area contributed by atoms with E-state index in [2.05, 4.69) is 20.4 Å². The smallest absolute Gasteiger partial charge is 0.260 e. The summed E-state index contributed by atoms with van der Waals surface area (Å²) in [6, 6.07) is 12.6. The number of halogens is 2. The molecule has 2 heterocycles. The van der Waals surface area contributed by atoms with Gasteiger partial charge in [-0.05, 0) is 59.8 Å². The number of piperazine rings is 1. The summed E-state index contributed by atoms with van der Waals surface area (Å²) in [5, 5.41) is 13.0. The van der Waals surface area contributed by atoms with E-state index in [1.54, 1.807) is 27.8 Å². The third-order valence-electron chi connectivity index (χ3n) is 5.26. The zero-order valence-corrected chi connectivity index (χ0v) is 19.7. The predicted molar refractivity (Wildman–Crippen MR) is 124 cm³/mol. The van der Waals surface area contributed by atoms with E-state index < -0.39 is 0 Å². The highest BCUT2D eigenvalue weighted by Gasteiger charge is 2.23. The van der Waals surface area contributed by atoms with Crippen molar-refractivity contribution >= 4 is 29.1 Å². The number of nitrogens with zero attached hydrogens (tertiary/aromatic N) is 6. The van der Waals surface area contributed by atoms with Gasteiger partial charge in [-0.15, -0.1) is 5.10 Å². The number of ether oxygens (including phenoxy) is 2. The fourth-order valence-electron chi connectivity index (χ4n) is 3.53. The van der Waals surface area contributed by atoms with E-state index in [1.165, 1.54) is 0 Å². The molecular formula is C22H24Cl2N6O3. The first-order valence-electron chi connectivity index (χ1n) is 10.6. The fourth-order valence-corrected chi connectivity index (χ4v) is 4.00. The van der Waals surface area contributed by atoms with E-state index in [9.17, 15) is 4.79 Å². The number of carbonyl (C=O) groups is 1. The molecule has 0 spiro atoms. The molecule has 3 aromatic rings. The largest absolute Gasteiger partial charge is 0.494 e. The first-order valence-corrected chi connectivity index (χ1v) is 11.4. The first kappa shape index (κ1) is 23.3. The quantitative estimate of drug-likeness (QED) is 0.479. The minimum Gasteiger partial charge on any atom is -0.494 e. The Morgan fingerprint density at radius 2 is 1.79 bits per heavy atom. The van der Waals surface area contributed by atoms with Crippen LogP contribution in [0.25, 0.3) is 5.69 Å². The maximum absolute atomic E-state index is 12.6. The molecule has 0 aliphatic carbocycles. The molecule has 174 valence electrons. The normalized spacial score (nSPS) is 14.3. The number of amides is 1. The average Bonchev–Trinajstić information content (AvgIpc) is 3.27. The molecule has 0 atom stereocenters. The maximum atomic E-state index is 12.6. The molecule has 1 aromatic heterocycles. The third kappa shape index (κ3) is 5.93. The summed E-state index contributed by atoms with van der Waals surface area (Å²) in [5.41, 5.74) is 0.866. The van der Waals surface area contributed by atoms with Crippen LogP contribution in [0.1, 0.15) is 12.7 Å². The van der Waals surface area contributed by atoms with Crippen molar-refractivity contribution < 1.29 is 14.3 Å². The number of hydrogen-bond acceptors (Lipinski definition) is 7. The van der Waals surface area contributed by atoms with Crippen LogP contribution in [0.5, 0.6) is 11.5 Å². The lowest BCUT2D eigenvalue weighted by Gasteiger charge is -2.34. The van der Waals surface area contributed by atoms with Crippen molar-refractivity contribution in [3.05, 3.63) is 58.3 Å². The van der Waals surface area contributed by atoms with Crippen LogP contribution in [0.4, 0.5) is 0 Å². The fraction of sp³-hybridized carbons (Fsp3) is 0.364. The van der Waals surface area contributed by atoms with Crippen molar-refractivity contribution in [2.75, 3.05) is 39.4 Å². The van der Waals surface area contributed by atoms with Gasteiger partial charge in [0.2, 0.25) is 0 Å². The van der Waals surface area contributed by atoms with Crippen molar-refractivity contribution in [1.82, 2.24) is 30.0 Å². The monoisotopic (exact) mass is 490 g/mol. The van der Waals surface area contributed by atoms with Crippen molar-refractivity contribution in [1.29, 1.82) is 0 Å². The van der Waals surface area contributed by atoms with Crippen molar-refractivity contribution in [3.8, 4) is 17.2 Å². The van der Waals surface area contributed by atoms with Crippen LogP contribution in [0.2, 0.25) is 10.0 Å². The van der Waals surface area contributed by atoms with Crippen molar-refractivity contribution in [3.63, 3.8) is 0 Å². The van der Waals surface area contributed by atoms with Gasteiger partial charge in [0.1, 0.15) is 11.5 Å². The van der Waals surface area contributed by atoms with Crippen LogP contribution >= 0.6 is 23.2 Å². The Morgan fingerprint density at radius 3 is 2.48 bits per heavy atom. The second-order valence-electron chi connectivity index (χ2n) is 7.45. The highest BCUT2D eigenvalue weighted by Crippen LogP contribution is 2.27. The Morgan fingerprint density at radius 1 is 1.03 bits per heavy atom. The summed E-state index contributed by atoms with van der Waals surface area (Å²) < 4.78 is 12.8. The molecule has 0 saturated carbocycles. The van der Waals surface area contributed by atoms with E-state index in [0.29, 0.717) is 55.1 Å². The molecule has 9 nitrogen and oxygen atoms in total. The average molecular weight is 491 g/mol. The van der Waals surface area contributed by atoms with E-state index in [4.69, 9.17) is 32.7 Å². The molecular weight excluding hydrogens is 467 g/mol. The van der Waals surface area contributed by atoms with Gasteiger partial charge in [-0.1, -0.05) is 23.2 Å².